The van der Waals surface area contributed by atoms with Gasteiger partial charge in [-0.2, -0.15) is 0 Å². The summed E-state index contributed by atoms with van der Waals surface area (Å²) in [4.78, 5) is 4.21. The summed E-state index contributed by atoms with van der Waals surface area (Å²) in [6.07, 6.45) is 16.6. The third kappa shape index (κ3) is 7.37. The molecule has 2 saturated heterocycles. The molecule has 322 valence electrons. The Bertz CT molecular complexity index is 3140. The van der Waals surface area contributed by atoms with Crippen LogP contribution in [0.1, 0.15) is 44.2 Å². The lowest BCUT2D eigenvalue weighted by Crippen LogP contribution is -2.29. The Morgan fingerprint density at radius 3 is 2.03 bits per heavy atom. The maximum Gasteiger partial charge on any atom is 0.147 e. The quantitative estimate of drug-likeness (QED) is 0.152. The van der Waals surface area contributed by atoms with Crippen LogP contribution in [0.4, 0.5) is 27.1 Å². The highest BCUT2D eigenvalue weighted by Crippen LogP contribution is 2.51. The largest absolute Gasteiger partial charge is 0.489 e. The molecule has 3 aliphatic carbocycles. The normalized spacial score (nSPS) is 18.3. The molecule has 1 unspecified atom stereocenters. The van der Waals surface area contributed by atoms with Crippen LogP contribution in [-0.2, 0) is 14.9 Å². The summed E-state index contributed by atoms with van der Waals surface area (Å²) in [7, 11) is 0. The summed E-state index contributed by atoms with van der Waals surface area (Å²) in [5, 5.41) is 0. The summed E-state index contributed by atoms with van der Waals surface area (Å²) >= 11 is 0. The van der Waals surface area contributed by atoms with Crippen LogP contribution in [0, 0.1) is 5.82 Å². The van der Waals surface area contributed by atoms with Gasteiger partial charge in [0.1, 0.15) is 29.2 Å². The zero-order valence-corrected chi connectivity index (χ0v) is 37.2. The Kier molecular flexibility index (Phi) is 10.3. The summed E-state index contributed by atoms with van der Waals surface area (Å²) in [5.41, 5.74) is 15.5. The molecular weight excluding hydrogens is 812 g/mol. The average molecular weight is 861 g/mol. The van der Waals surface area contributed by atoms with Crippen LogP contribution in [0.3, 0.4) is 0 Å². The number of hydrogen-bond donors (Lipinski definition) is 0. The second-order valence-corrected chi connectivity index (χ2v) is 17.9. The lowest BCUT2D eigenvalue weighted by molar-refractivity contribution is 0.127. The first-order valence-electron chi connectivity index (χ1n) is 22.6. The molecule has 0 aromatic heterocycles. The first kappa shape index (κ1) is 40.9. The number of nitrogens with zero attached hydrogens (tertiary/aromatic N) is 2. The van der Waals surface area contributed by atoms with E-state index >= 15 is 4.39 Å². The molecule has 11 rings (SSSR count). The molecule has 6 aromatic carbocycles. The Hall–Kier alpha value is -7.89. The molecule has 4 bridgehead atoms. The number of halogens is 1. The van der Waals surface area contributed by atoms with E-state index in [0.717, 1.165) is 56.6 Å². The molecule has 6 aromatic rings. The molecule has 66 heavy (non-hydrogen) atoms. The predicted molar refractivity (Wildman–Crippen MR) is 268 cm³/mol. The van der Waals surface area contributed by atoms with Crippen LogP contribution in [0.5, 0.6) is 0 Å². The number of allylic oxidation sites excluding steroid dienone is 10. The number of fused-ring (bicyclic) bond motifs is 9. The minimum atomic E-state index is -0.361. The average Bonchev–Trinajstić information content (AvgIpc) is 3.57. The van der Waals surface area contributed by atoms with E-state index in [1.165, 1.54) is 33.4 Å². The van der Waals surface area contributed by atoms with Crippen molar-refractivity contribution in [3.63, 3.8) is 0 Å². The third-order valence-corrected chi connectivity index (χ3v) is 13.5. The fourth-order valence-corrected chi connectivity index (χ4v) is 10.1. The maximum absolute atomic E-state index is 16.7. The highest BCUT2D eigenvalue weighted by Gasteiger charge is 2.37. The van der Waals surface area contributed by atoms with Gasteiger partial charge in [0.15, 0.2) is 0 Å². The lowest BCUT2D eigenvalue weighted by atomic mass is 9.82. The van der Waals surface area contributed by atoms with Crippen molar-refractivity contribution in [1.82, 2.24) is 0 Å². The van der Waals surface area contributed by atoms with Crippen molar-refractivity contribution < 1.29 is 13.9 Å². The first-order valence-corrected chi connectivity index (χ1v) is 22.6. The molecule has 5 heteroatoms. The third-order valence-electron chi connectivity index (χ3n) is 13.5. The molecule has 2 aliphatic heterocycles. The van der Waals surface area contributed by atoms with Crippen molar-refractivity contribution >= 4 is 22.7 Å². The molecule has 5 aliphatic rings. The molecule has 0 spiro atoms. The van der Waals surface area contributed by atoms with Crippen molar-refractivity contribution in [2.75, 3.05) is 9.80 Å². The van der Waals surface area contributed by atoms with E-state index < -0.39 is 0 Å². The van der Waals surface area contributed by atoms with Gasteiger partial charge in [-0.1, -0.05) is 148 Å². The van der Waals surface area contributed by atoms with Crippen LogP contribution in [0.15, 0.2) is 258 Å². The number of rotatable bonds is 8. The van der Waals surface area contributed by atoms with Gasteiger partial charge >= 0.3 is 0 Å². The number of hydrogen-bond acceptors (Lipinski definition) is 4. The van der Waals surface area contributed by atoms with E-state index in [-0.39, 0.29) is 17.3 Å². The Morgan fingerprint density at radius 2 is 1.29 bits per heavy atom. The zero-order valence-electron chi connectivity index (χ0n) is 37.2. The maximum atomic E-state index is 16.7. The van der Waals surface area contributed by atoms with Gasteiger partial charge in [-0.25, -0.2) is 4.39 Å². The number of anilines is 4. The Morgan fingerprint density at radius 1 is 0.636 bits per heavy atom. The van der Waals surface area contributed by atoms with E-state index in [9.17, 15) is 0 Å². The molecule has 0 radical (unpaired) electrons. The summed E-state index contributed by atoms with van der Waals surface area (Å²) in [6, 6.07) is 51.2. The molecular formula is C61H49FN2O2. The minimum absolute atomic E-state index is 0.155. The summed E-state index contributed by atoms with van der Waals surface area (Å²) in [6.45, 7) is 13.7. The van der Waals surface area contributed by atoms with Crippen LogP contribution in [-0.4, -0.2) is 6.10 Å². The van der Waals surface area contributed by atoms with Gasteiger partial charge in [0.05, 0.1) is 5.69 Å². The molecule has 1 atom stereocenters. The second kappa shape index (κ2) is 16.6. The minimum Gasteiger partial charge on any atom is -0.489 e. The van der Waals surface area contributed by atoms with Crippen molar-refractivity contribution in [3.8, 4) is 22.3 Å². The lowest BCUT2D eigenvalue weighted by Gasteiger charge is -2.37. The van der Waals surface area contributed by atoms with E-state index in [4.69, 9.17) is 9.47 Å². The monoisotopic (exact) mass is 860 g/mol. The van der Waals surface area contributed by atoms with Gasteiger partial charge in [-0.05, 0) is 117 Å². The van der Waals surface area contributed by atoms with E-state index in [1.54, 1.807) is 6.07 Å². The molecule has 0 saturated carbocycles. The Balaban J connectivity index is 0.949. The van der Waals surface area contributed by atoms with Crippen molar-refractivity contribution in [2.24, 2.45) is 0 Å². The zero-order chi connectivity index (χ0) is 44.9. The highest BCUT2D eigenvalue weighted by molar-refractivity contribution is 5.84. The van der Waals surface area contributed by atoms with Gasteiger partial charge in [-0.15, -0.1) is 0 Å². The molecule has 2 fully saturated rings. The fraction of sp³-hybridized carbons (Fsp3) is 0.115. The van der Waals surface area contributed by atoms with E-state index in [0.29, 0.717) is 36.4 Å². The molecule has 0 N–H and O–H groups in total. The van der Waals surface area contributed by atoms with Gasteiger partial charge in [0.25, 0.3) is 0 Å². The van der Waals surface area contributed by atoms with Gasteiger partial charge in [0, 0.05) is 64.8 Å². The van der Waals surface area contributed by atoms with Crippen molar-refractivity contribution in [1.29, 1.82) is 0 Å². The predicted octanol–water partition coefficient (Wildman–Crippen LogP) is 15.8. The summed E-state index contributed by atoms with van der Waals surface area (Å²) in [5.74, 6) is 1.88. The van der Waals surface area contributed by atoms with Gasteiger partial charge < -0.3 is 19.3 Å². The standard InChI is InChI=1S/C61H49FN2O2/c1-40(63(58-33-26-44(37-57(58)62)42-16-8-5-9-17-42)48-28-32-54-53-22-14-15-23-55(53)61(3,4)56(54)38-48)34-59-41(2)43-24-29-51-36-45(25-30-50(35-43)65-59)52-31-27-49(39-60(52)66-51)64(46-18-10-6-11-19-46)47-20-12-7-13-21-47/h5-34,37-38,60H,1-2,35-36,39H2,3-4H3. The van der Waals surface area contributed by atoms with Crippen molar-refractivity contribution in [3.05, 3.63) is 275 Å². The van der Waals surface area contributed by atoms with E-state index in [2.05, 4.69) is 159 Å². The molecule has 0 amide bonds. The Labute approximate surface area is 387 Å². The fourth-order valence-electron chi connectivity index (χ4n) is 10.1. The molecule has 4 nitrogen and oxygen atoms in total. The topological polar surface area (TPSA) is 24.9 Å². The van der Waals surface area contributed by atoms with Crippen molar-refractivity contribution in [2.45, 2.75) is 44.6 Å². The van der Waals surface area contributed by atoms with Crippen LogP contribution in [0.2, 0.25) is 0 Å². The highest BCUT2D eigenvalue weighted by atomic mass is 19.1. The van der Waals surface area contributed by atoms with Crippen LogP contribution in [0.25, 0.3) is 22.3 Å². The van der Waals surface area contributed by atoms with Gasteiger partial charge in [-0.3, -0.25) is 0 Å². The smallest absolute Gasteiger partial charge is 0.147 e. The van der Waals surface area contributed by atoms with Crippen LogP contribution < -0.4 is 9.80 Å². The summed E-state index contributed by atoms with van der Waals surface area (Å²) < 4.78 is 30.3. The number of ether oxygens (including phenoxy) is 2. The van der Waals surface area contributed by atoms with Gasteiger partial charge in [0.2, 0.25) is 0 Å². The molecule has 2 heterocycles. The SMILES string of the molecule is C=C1C2=CC=C3CC(=CC=C(C2)OC1=CC(=C)N(c1ccc2c(c1)C(C)(C)c1ccccc1-2)c1ccc(-c2ccccc2)cc1F)C1=CC=C(N(c2ccccc2)c2ccccc2)CC1O3. The second-order valence-electron chi connectivity index (χ2n) is 17.9. The number of para-hydroxylation sites is 2. The van der Waals surface area contributed by atoms with Crippen LogP contribution >= 0.6 is 0 Å². The number of benzene rings is 6. The first-order chi connectivity index (χ1) is 32.2. The van der Waals surface area contributed by atoms with E-state index in [1.807, 2.05) is 65.6 Å².